The van der Waals surface area contributed by atoms with Crippen molar-refractivity contribution in [3.8, 4) is 0 Å². The van der Waals surface area contributed by atoms with E-state index in [9.17, 15) is 18.0 Å². The summed E-state index contributed by atoms with van der Waals surface area (Å²) in [5, 5.41) is 10.4. The molecule has 162 valence electrons. The molecule has 0 radical (unpaired) electrons. The van der Waals surface area contributed by atoms with Crippen molar-refractivity contribution in [3.63, 3.8) is 0 Å². The number of carbonyl (C=O) groups excluding carboxylic acids is 2. The van der Waals surface area contributed by atoms with Gasteiger partial charge in [-0.05, 0) is 39.0 Å². The van der Waals surface area contributed by atoms with Gasteiger partial charge in [0.15, 0.2) is 9.84 Å². The van der Waals surface area contributed by atoms with Crippen molar-refractivity contribution in [2.24, 2.45) is 0 Å². The predicted molar refractivity (Wildman–Crippen MR) is 113 cm³/mol. The Morgan fingerprint density at radius 1 is 1.41 bits per heavy atom. The van der Waals surface area contributed by atoms with E-state index in [1.165, 1.54) is 17.4 Å². The standard InChI is InChI=1S/C16H23N3O4S.C3H6O2/c1-16(2,24(4,21)22)8-13-10-19(15(20)23-13)12-5-6-14(18-3)11(7-12)9-17;1-2-5-3-4/h5-7,9,13,17-18H,8,10H2,1-4H3;3H,2H2,1H3. The second-order valence-electron chi connectivity index (χ2n) is 7.07. The van der Waals surface area contributed by atoms with Crippen molar-refractivity contribution >= 4 is 40.0 Å². The number of benzene rings is 1. The Morgan fingerprint density at radius 3 is 2.52 bits per heavy atom. The minimum absolute atomic E-state index is 0.236. The number of carbonyl (C=O) groups is 2. The smallest absolute Gasteiger partial charge is 0.414 e. The number of sulfone groups is 1. The van der Waals surface area contributed by atoms with Crippen LogP contribution in [-0.2, 0) is 24.1 Å². The second kappa shape index (κ2) is 10.2. The third-order valence-electron chi connectivity index (χ3n) is 4.60. The van der Waals surface area contributed by atoms with E-state index >= 15 is 0 Å². The molecule has 1 fully saturated rings. The fraction of sp³-hybridized carbons (Fsp3) is 0.526. The van der Waals surface area contributed by atoms with Gasteiger partial charge in [-0.1, -0.05) is 0 Å². The molecule has 1 aliphatic heterocycles. The van der Waals surface area contributed by atoms with E-state index in [1.54, 1.807) is 46.0 Å². The zero-order valence-corrected chi connectivity index (χ0v) is 18.2. The molecule has 1 aliphatic rings. The van der Waals surface area contributed by atoms with Crippen LogP contribution in [0.15, 0.2) is 18.2 Å². The van der Waals surface area contributed by atoms with Crippen molar-refractivity contribution in [3.05, 3.63) is 23.8 Å². The summed E-state index contributed by atoms with van der Waals surface area (Å²) in [6.07, 6.45) is 1.64. The van der Waals surface area contributed by atoms with Gasteiger partial charge in [0, 0.05) is 42.9 Å². The van der Waals surface area contributed by atoms with E-state index < -0.39 is 26.8 Å². The van der Waals surface area contributed by atoms with E-state index in [1.807, 2.05) is 0 Å². The number of anilines is 2. The molecule has 0 spiro atoms. The Balaban J connectivity index is 0.000000749. The highest BCUT2D eigenvalue weighted by molar-refractivity contribution is 7.92. The van der Waals surface area contributed by atoms with Crippen LogP contribution >= 0.6 is 0 Å². The summed E-state index contributed by atoms with van der Waals surface area (Å²) in [5.74, 6) is 0. The molecule has 1 aromatic rings. The van der Waals surface area contributed by atoms with Crippen LogP contribution in [0.1, 0.15) is 32.8 Å². The molecular formula is C19H29N3O6S. The summed E-state index contributed by atoms with van der Waals surface area (Å²) in [6, 6.07) is 5.28. The quantitative estimate of drug-likeness (QED) is 0.482. The molecule has 0 bridgehead atoms. The fourth-order valence-corrected chi connectivity index (χ4v) is 3.16. The Labute approximate surface area is 171 Å². The zero-order valence-electron chi connectivity index (χ0n) is 17.4. The summed E-state index contributed by atoms with van der Waals surface area (Å²) >= 11 is 0. The average molecular weight is 428 g/mol. The molecule has 0 aromatic heterocycles. The third-order valence-corrected chi connectivity index (χ3v) is 6.78. The number of ether oxygens (including phenoxy) is 2. The van der Waals surface area contributed by atoms with Gasteiger partial charge in [-0.3, -0.25) is 9.69 Å². The first kappa shape index (κ1) is 24.4. The van der Waals surface area contributed by atoms with Crippen LogP contribution in [0.3, 0.4) is 0 Å². The molecule has 2 N–H and O–H groups in total. The van der Waals surface area contributed by atoms with E-state index in [4.69, 9.17) is 10.1 Å². The van der Waals surface area contributed by atoms with Gasteiger partial charge in [-0.2, -0.15) is 0 Å². The van der Waals surface area contributed by atoms with Gasteiger partial charge in [-0.25, -0.2) is 13.2 Å². The van der Waals surface area contributed by atoms with Crippen molar-refractivity contribution in [2.75, 3.05) is 36.7 Å². The first-order valence-corrected chi connectivity index (χ1v) is 10.9. The minimum atomic E-state index is -3.26. The molecule has 0 saturated carbocycles. The van der Waals surface area contributed by atoms with Gasteiger partial charge in [-0.15, -0.1) is 0 Å². The summed E-state index contributed by atoms with van der Waals surface area (Å²) in [4.78, 5) is 22.8. The Bertz CT molecular complexity index is 838. The molecule has 1 amide bonds. The highest BCUT2D eigenvalue weighted by atomic mass is 32.2. The number of rotatable bonds is 8. The van der Waals surface area contributed by atoms with Gasteiger partial charge in [0.1, 0.15) is 6.10 Å². The first-order chi connectivity index (χ1) is 13.5. The van der Waals surface area contributed by atoms with Crippen molar-refractivity contribution in [1.29, 1.82) is 5.41 Å². The maximum absolute atomic E-state index is 12.2. The Hall–Kier alpha value is -2.62. The van der Waals surface area contributed by atoms with Crippen molar-refractivity contribution in [1.82, 2.24) is 0 Å². The van der Waals surface area contributed by atoms with Gasteiger partial charge in [0.2, 0.25) is 0 Å². The highest BCUT2D eigenvalue weighted by Gasteiger charge is 2.40. The number of nitrogens with zero attached hydrogens (tertiary/aromatic N) is 1. The van der Waals surface area contributed by atoms with E-state index in [-0.39, 0.29) is 13.0 Å². The first-order valence-electron chi connectivity index (χ1n) is 9.06. The van der Waals surface area contributed by atoms with Crippen LogP contribution in [0, 0.1) is 5.41 Å². The van der Waals surface area contributed by atoms with Gasteiger partial charge in [0.05, 0.1) is 17.9 Å². The Morgan fingerprint density at radius 2 is 2.07 bits per heavy atom. The predicted octanol–water partition coefficient (Wildman–Crippen LogP) is 2.44. The molecule has 0 aliphatic carbocycles. The van der Waals surface area contributed by atoms with E-state index in [2.05, 4.69) is 10.1 Å². The van der Waals surface area contributed by atoms with Crippen LogP contribution in [0.25, 0.3) is 0 Å². The molecule has 1 atom stereocenters. The Kier molecular flexibility index (Phi) is 8.62. The molecule has 1 unspecified atom stereocenters. The lowest BCUT2D eigenvalue weighted by Crippen LogP contribution is -2.36. The highest BCUT2D eigenvalue weighted by Crippen LogP contribution is 2.30. The molecule has 2 rings (SSSR count). The summed E-state index contributed by atoms with van der Waals surface area (Å²) in [7, 11) is -1.50. The lowest BCUT2D eigenvalue weighted by molar-refractivity contribution is -0.128. The second-order valence-corrected chi connectivity index (χ2v) is 9.72. The maximum Gasteiger partial charge on any atom is 0.414 e. The molecule has 1 aromatic carbocycles. The van der Waals surface area contributed by atoms with Crippen molar-refractivity contribution in [2.45, 2.75) is 38.0 Å². The van der Waals surface area contributed by atoms with E-state index in [0.717, 1.165) is 5.69 Å². The van der Waals surface area contributed by atoms with Gasteiger partial charge < -0.3 is 20.2 Å². The molecule has 9 nitrogen and oxygen atoms in total. The number of cyclic esters (lactones) is 1. The number of nitrogens with one attached hydrogen (secondary N) is 2. The molecule has 29 heavy (non-hydrogen) atoms. The summed E-state index contributed by atoms with van der Waals surface area (Å²) in [5.41, 5.74) is 2.07. The minimum Gasteiger partial charge on any atom is -0.468 e. The van der Waals surface area contributed by atoms with E-state index in [0.29, 0.717) is 24.3 Å². The normalized spacial score (nSPS) is 16.4. The topological polar surface area (TPSA) is 126 Å². The van der Waals surface area contributed by atoms with Crippen LogP contribution < -0.4 is 10.2 Å². The number of hydrogen-bond donors (Lipinski definition) is 2. The molecule has 10 heteroatoms. The number of hydrogen-bond acceptors (Lipinski definition) is 8. The number of amides is 1. The van der Waals surface area contributed by atoms with Gasteiger partial charge >= 0.3 is 6.09 Å². The molecule has 1 saturated heterocycles. The third kappa shape index (κ3) is 6.45. The lowest BCUT2D eigenvalue weighted by atomic mass is 10.0. The van der Waals surface area contributed by atoms with Crippen molar-refractivity contribution < 1.29 is 27.5 Å². The monoisotopic (exact) mass is 427 g/mol. The van der Waals surface area contributed by atoms with Crippen LogP contribution in [-0.4, -0.2) is 64.5 Å². The molecular weight excluding hydrogens is 398 g/mol. The maximum atomic E-state index is 12.2. The fourth-order valence-electron chi connectivity index (χ4n) is 2.67. The van der Waals surface area contributed by atoms with Gasteiger partial charge in [0.25, 0.3) is 6.47 Å². The summed E-state index contributed by atoms with van der Waals surface area (Å²) in [6.45, 7) is 6.22. The lowest BCUT2D eigenvalue weighted by Gasteiger charge is -2.24. The zero-order chi connectivity index (χ0) is 22.2. The van der Waals surface area contributed by atoms with Crippen LogP contribution in [0.4, 0.5) is 16.2 Å². The van der Waals surface area contributed by atoms with Crippen LogP contribution in [0.5, 0.6) is 0 Å². The average Bonchev–Trinajstić information content (AvgIpc) is 3.00. The summed E-state index contributed by atoms with van der Waals surface area (Å²) < 4.78 is 32.2. The largest absolute Gasteiger partial charge is 0.468 e. The SMILES string of the molecule is CCOC=O.CNc1ccc(N2CC(CC(C)(C)S(C)(=O)=O)OC2=O)cc1C=N. The van der Waals surface area contributed by atoms with Crippen LogP contribution in [0.2, 0.25) is 0 Å². The molecule has 1 heterocycles.